The minimum atomic E-state index is 0.346. The summed E-state index contributed by atoms with van der Waals surface area (Å²) in [5.41, 5.74) is 8.72. The zero-order valence-corrected chi connectivity index (χ0v) is 13.6. The Labute approximate surface area is 129 Å². The van der Waals surface area contributed by atoms with E-state index < -0.39 is 0 Å². The monoisotopic (exact) mass is 290 g/mol. The van der Waals surface area contributed by atoms with Gasteiger partial charge in [-0.3, -0.25) is 4.90 Å². The molecule has 21 heavy (non-hydrogen) atoms. The van der Waals surface area contributed by atoms with E-state index in [2.05, 4.69) is 36.1 Å². The highest BCUT2D eigenvalue weighted by Crippen LogP contribution is 2.30. The van der Waals surface area contributed by atoms with Gasteiger partial charge in [-0.1, -0.05) is 44.0 Å². The Morgan fingerprint density at radius 1 is 1.38 bits per heavy atom. The van der Waals surface area contributed by atoms with Gasteiger partial charge in [0.15, 0.2) is 0 Å². The van der Waals surface area contributed by atoms with E-state index in [9.17, 15) is 0 Å². The molecule has 1 aromatic rings. The number of nitrogens with two attached hydrogens (primary N) is 1. The second-order valence-electron chi connectivity index (χ2n) is 6.11. The zero-order valence-electron chi connectivity index (χ0n) is 13.6. The molecule has 0 aliphatic carbocycles. The van der Waals surface area contributed by atoms with E-state index in [1.54, 1.807) is 7.11 Å². The molecule has 1 fully saturated rings. The van der Waals surface area contributed by atoms with Crippen molar-refractivity contribution in [3.63, 3.8) is 0 Å². The summed E-state index contributed by atoms with van der Waals surface area (Å²) in [7, 11) is 1.75. The minimum absolute atomic E-state index is 0.346. The molecule has 0 saturated carbocycles. The molecule has 1 aliphatic heterocycles. The van der Waals surface area contributed by atoms with Gasteiger partial charge in [0, 0.05) is 25.7 Å². The molecule has 0 aromatic heterocycles. The van der Waals surface area contributed by atoms with Crippen LogP contribution in [-0.4, -0.2) is 31.1 Å². The van der Waals surface area contributed by atoms with Gasteiger partial charge in [0.1, 0.15) is 0 Å². The first-order chi connectivity index (χ1) is 10.3. The van der Waals surface area contributed by atoms with Crippen molar-refractivity contribution >= 4 is 0 Å². The Bertz CT molecular complexity index is 419. The highest BCUT2D eigenvalue weighted by molar-refractivity contribution is 5.26. The standard InChI is InChI=1S/C18H30N2O/c1-3-7-17-10-4-5-11-20(17)18(13-19)16-9-6-8-15(12-16)14-21-2/h6,8-9,12,17-18H,3-5,7,10-11,13-14,19H2,1-2H3. The van der Waals surface area contributed by atoms with Crippen LogP contribution in [0.5, 0.6) is 0 Å². The lowest BCUT2D eigenvalue weighted by atomic mass is 9.93. The molecule has 1 saturated heterocycles. The molecule has 0 radical (unpaired) electrons. The van der Waals surface area contributed by atoms with E-state index >= 15 is 0 Å². The third-order valence-electron chi connectivity index (χ3n) is 4.56. The van der Waals surface area contributed by atoms with Crippen LogP contribution < -0.4 is 5.73 Å². The average molecular weight is 290 g/mol. The van der Waals surface area contributed by atoms with E-state index in [-0.39, 0.29) is 0 Å². The smallest absolute Gasteiger partial charge is 0.0713 e. The third kappa shape index (κ3) is 4.29. The van der Waals surface area contributed by atoms with Gasteiger partial charge in [-0.15, -0.1) is 0 Å². The van der Waals surface area contributed by atoms with Gasteiger partial charge in [-0.05, 0) is 36.9 Å². The molecule has 3 nitrogen and oxygen atoms in total. The molecule has 2 unspecified atom stereocenters. The summed E-state index contributed by atoms with van der Waals surface area (Å²) in [6.45, 7) is 4.82. The maximum absolute atomic E-state index is 6.15. The zero-order chi connectivity index (χ0) is 15.1. The van der Waals surface area contributed by atoms with Crippen molar-refractivity contribution in [2.45, 2.75) is 57.7 Å². The molecular weight excluding hydrogens is 260 g/mol. The molecule has 2 rings (SSSR count). The van der Waals surface area contributed by atoms with E-state index in [0.29, 0.717) is 25.2 Å². The van der Waals surface area contributed by atoms with Crippen LogP contribution in [0.3, 0.4) is 0 Å². The molecule has 1 heterocycles. The lowest BCUT2D eigenvalue weighted by molar-refractivity contribution is 0.0911. The number of hydrogen-bond donors (Lipinski definition) is 1. The van der Waals surface area contributed by atoms with E-state index in [1.807, 2.05) is 0 Å². The van der Waals surface area contributed by atoms with Crippen LogP contribution in [0.1, 0.15) is 56.2 Å². The third-order valence-corrected chi connectivity index (χ3v) is 4.56. The Hall–Kier alpha value is -0.900. The van der Waals surface area contributed by atoms with Crippen molar-refractivity contribution in [2.75, 3.05) is 20.2 Å². The number of ether oxygens (including phenoxy) is 1. The van der Waals surface area contributed by atoms with Gasteiger partial charge in [-0.25, -0.2) is 0 Å². The lowest BCUT2D eigenvalue weighted by Crippen LogP contribution is -2.44. The van der Waals surface area contributed by atoms with Crippen molar-refractivity contribution in [1.82, 2.24) is 4.90 Å². The first-order valence-electron chi connectivity index (χ1n) is 8.33. The molecule has 3 heteroatoms. The molecular formula is C18H30N2O. The fourth-order valence-corrected chi connectivity index (χ4v) is 3.60. The lowest BCUT2D eigenvalue weighted by Gasteiger charge is -2.41. The summed E-state index contributed by atoms with van der Waals surface area (Å²) in [6, 6.07) is 9.78. The van der Waals surface area contributed by atoms with Gasteiger partial charge >= 0.3 is 0 Å². The molecule has 0 spiro atoms. The van der Waals surface area contributed by atoms with E-state index in [4.69, 9.17) is 10.5 Å². The molecule has 1 aliphatic rings. The Morgan fingerprint density at radius 3 is 2.95 bits per heavy atom. The average Bonchev–Trinajstić information content (AvgIpc) is 2.51. The maximum Gasteiger partial charge on any atom is 0.0713 e. The first-order valence-corrected chi connectivity index (χ1v) is 8.33. The summed E-state index contributed by atoms with van der Waals surface area (Å²) in [5, 5.41) is 0. The number of hydrogen-bond acceptors (Lipinski definition) is 3. The molecule has 0 amide bonds. The van der Waals surface area contributed by atoms with Crippen LogP contribution >= 0.6 is 0 Å². The summed E-state index contributed by atoms with van der Waals surface area (Å²) < 4.78 is 5.26. The number of benzene rings is 1. The predicted molar refractivity (Wildman–Crippen MR) is 88.2 cm³/mol. The van der Waals surface area contributed by atoms with Gasteiger partial charge in [-0.2, -0.15) is 0 Å². The van der Waals surface area contributed by atoms with E-state index in [1.165, 1.54) is 49.8 Å². The number of piperidine rings is 1. The number of likely N-dealkylation sites (tertiary alicyclic amines) is 1. The molecule has 1 aromatic carbocycles. The van der Waals surface area contributed by atoms with Crippen molar-refractivity contribution in [3.8, 4) is 0 Å². The number of methoxy groups -OCH3 is 1. The minimum Gasteiger partial charge on any atom is -0.380 e. The summed E-state index contributed by atoms with van der Waals surface area (Å²) in [6.07, 6.45) is 6.52. The van der Waals surface area contributed by atoms with Crippen LogP contribution in [0.2, 0.25) is 0 Å². The topological polar surface area (TPSA) is 38.5 Å². The number of nitrogens with zero attached hydrogens (tertiary/aromatic N) is 1. The first kappa shape index (κ1) is 16.5. The van der Waals surface area contributed by atoms with Crippen LogP contribution in [0.4, 0.5) is 0 Å². The fourth-order valence-electron chi connectivity index (χ4n) is 3.60. The second kappa shape index (κ2) is 8.52. The van der Waals surface area contributed by atoms with Crippen LogP contribution in [-0.2, 0) is 11.3 Å². The summed E-state index contributed by atoms with van der Waals surface area (Å²) in [4.78, 5) is 2.65. The summed E-state index contributed by atoms with van der Waals surface area (Å²) >= 11 is 0. The normalized spacial score (nSPS) is 21.4. The fraction of sp³-hybridized carbons (Fsp3) is 0.667. The highest BCUT2D eigenvalue weighted by atomic mass is 16.5. The molecule has 2 N–H and O–H groups in total. The SMILES string of the molecule is CCCC1CCCCN1C(CN)c1cccc(COC)c1. The molecule has 118 valence electrons. The Balaban J connectivity index is 2.18. The predicted octanol–water partition coefficient (Wildman–Crippen LogP) is 3.49. The Kier molecular flexibility index (Phi) is 6.68. The van der Waals surface area contributed by atoms with Crippen molar-refractivity contribution in [3.05, 3.63) is 35.4 Å². The highest BCUT2D eigenvalue weighted by Gasteiger charge is 2.28. The van der Waals surface area contributed by atoms with Crippen molar-refractivity contribution < 1.29 is 4.74 Å². The Morgan fingerprint density at radius 2 is 2.24 bits per heavy atom. The van der Waals surface area contributed by atoms with Gasteiger partial charge in [0.25, 0.3) is 0 Å². The molecule has 2 atom stereocenters. The van der Waals surface area contributed by atoms with Gasteiger partial charge in [0.2, 0.25) is 0 Å². The van der Waals surface area contributed by atoms with Crippen LogP contribution in [0.15, 0.2) is 24.3 Å². The molecule has 0 bridgehead atoms. The van der Waals surface area contributed by atoms with Crippen LogP contribution in [0, 0.1) is 0 Å². The second-order valence-corrected chi connectivity index (χ2v) is 6.11. The quantitative estimate of drug-likeness (QED) is 0.835. The van der Waals surface area contributed by atoms with Crippen LogP contribution in [0.25, 0.3) is 0 Å². The van der Waals surface area contributed by atoms with Gasteiger partial charge in [0.05, 0.1) is 6.61 Å². The number of rotatable bonds is 7. The largest absolute Gasteiger partial charge is 0.380 e. The van der Waals surface area contributed by atoms with E-state index in [0.717, 1.165) is 0 Å². The summed E-state index contributed by atoms with van der Waals surface area (Å²) in [5.74, 6) is 0. The van der Waals surface area contributed by atoms with Gasteiger partial charge < -0.3 is 10.5 Å². The maximum atomic E-state index is 6.15. The van der Waals surface area contributed by atoms with Crippen molar-refractivity contribution in [2.24, 2.45) is 5.73 Å². The van der Waals surface area contributed by atoms with Crippen molar-refractivity contribution in [1.29, 1.82) is 0 Å².